The highest BCUT2D eigenvalue weighted by Gasteiger charge is 2.25. The highest BCUT2D eigenvalue weighted by atomic mass is 35.5. The minimum absolute atomic E-state index is 0.232. The van der Waals surface area contributed by atoms with Crippen molar-refractivity contribution < 1.29 is 9.13 Å². The Morgan fingerprint density at radius 2 is 1.91 bits per heavy atom. The number of hydrogen-bond acceptors (Lipinski definition) is 7. The Bertz CT molecular complexity index is 1910. The highest BCUT2D eigenvalue weighted by Crippen LogP contribution is 2.33. The third kappa shape index (κ3) is 5.45. The molecule has 11 heteroatoms. The molecule has 4 heterocycles. The SMILES string of the molecule is O=c1c(-c2ccc(Cl)cc2Cl)cc2cnc(Nc3ccc(C4CNCCO4)c(F)c3)nc2n1C1CNc2ccccc2C1. The van der Waals surface area contributed by atoms with Crippen molar-refractivity contribution in [2.75, 3.05) is 36.9 Å². The Kier molecular flexibility index (Phi) is 7.48. The van der Waals surface area contributed by atoms with Crippen LogP contribution in [-0.4, -0.2) is 40.8 Å². The van der Waals surface area contributed by atoms with Crippen LogP contribution in [0.3, 0.4) is 0 Å². The lowest BCUT2D eigenvalue weighted by atomic mass is 9.98. The van der Waals surface area contributed by atoms with Gasteiger partial charge in [0.25, 0.3) is 5.56 Å². The summed E-state index contributed by atoms with van der Waals surface area (Å²) in [6.45, 7) is 2.37. The van der Waals surface area contributed by atoms with Crippen LogP contribution in [0.15, 0.2) is 77.7 Å². The first-order valence-corrected chi connectivity index (χ1v) is 14.8. The maximum Gasteiger partial charge on any atom is 0.260 e. The summed E-state index contributed by atoms with van der Waals surface area (Å²) in [7, 11) is 0. The number of fused-ring (bicyclic) bond motifs is 2. The van der Waals surface area contributed by atoms with Crippen molar-refractivity contribution in [1.29, 1.82) is 0 Å². The molecule has 2 aliphatic heterocycles. The average Bonchev–Trinajstić information content (AvgIpc) is 3.01. The van der Waals surface area contributed by atoms with E-state index in [2.05, 4.69) is 27.0 Å². The van der Waals surface area contributed by atoms with Gasteiger partial charge in [-0.3, -0.25) is 9.36 Å². The molecule has 0 amide bonds. The number of halogens is 3. The number of benzene rings is 3. The maximum atomic E-state index is 15.1. The minimum Gasteiger partial charge on any atom is -0.383 e. The van der Waals surface area contributed by atoms with Gasteiger partial charge in [-0.25, -0.2) is 9.37 Å². The molecular weight excluding hydrogens is 590 g/mol. The first-order chi connectivity index (χ1) is 20.9. The molecule has 8 nitrogen and oxygen atoms in total. The number of para-hydroxylation sites is 1. The van der Waals surface area contributed by atoms with Crippen molar-refractivity contribution in [2.24, 2.45) is 0 Å². The normalized spacial score (nSPS) is 18.2. The zero-order valence-corrected chi connectivity index (χ0v) is 24.4. The van der Waals surface area contributed by atoms with E-state index in [-0.39, 0.29) is 29.5 Å². The van der Waals surface area contributed by atoms with Gasteiger partial charge in [-0.1, -0.05) is 53.5 Å². The second-order valence-electron chi connectivity index (χ2n) is 10.7. The zero-order chi connectivity index (χ0) is 29.5. The lowest BCUT2D eigenvalue weighted by Crippen LogP contribution is -2.34. The highest BCUT2D eigenvalue weighted by molar-refractivity contribution is 6.36. The van der Waals surface area contributed by atoms with Gasteiger partial charge in [-0.15, -0.1) is 0 Å². The molecule has 1 fully saturated rings. The van der Waals surface area contributed by atoms with Crippen LogP contribution in [0.4, 0.5) is 21.7 Å². The molecule has 0 aliphatic carbocycles. The number of nitrogens with one attached hydrogen (secondary N) is 3. The molecule has 1 saturated heterocycles. The van der Waals surface area contributed by atoms with Crippen LogP contribution in [-0.2, 0) is 11.2 Å². The van der Waals surface area contributed by atoms with E-state index < -0.39 is 0 Å². The van der Waals surface area contributed by atoms with Gasteiger partial charge < -0.3 is 20.7 Å². The Morgan fingerprint density at radius 3 is 2.72 bits per heavy atom. The molecule has 5 aromatic rings. The van der Waals surface area contributed by atoms with Gasteiger partial charge in [-0.2, -0.15) is 4.98 Å². The van der Waals surface area contributed by atoms with Crippen molar-refractivity contribution in [1.82, 2.24) is 19.9 Å². The summed E-state index contributed by atoms with van der Waals surface area (Å²) in [5, 5.41) is 11.3. The summed E-state index contributed by atoms with van der Waals surface area (Å²) in [6.07, 6.45) is 1.95. The van der Waals surface area contributed by atoms with E-state index in [1.54, 1.807) is 47.2 Å². The second-order valence-corrected chi connectivity index (χ2v) is 11.5. The summed E-state index contributed by atoms with van der Waals surface area (Å²) < 4.78 is 22.5. The number of nitrogens with zero attached hydrogens (tertiary/aromatic N) is 3. The molecular formula is C32H27Cl2FN6O2. The Hall–Kier alpha value is -4.02. The third-order valence-corrected chi connectivity index (χ3v) is 8.44. The molecule has 218 valence electrons. The summed E-state index contributed by atoms with van der Waals surface area (Å²) in [6, 6.07) is 19.5. The molecule has 7 rings (SSSR count). The van der Waals surface area contributed by atoms with Crippen LogP contribution in [0.1, 0.15) is 23.3 Å². The Morgan fingerprint density at radius 1 is 1.02 bits per heavy atom. The van der Waals surface area contributed by atoms with Crippen molar-refractivity contribution in [3.8, 4) is 11.1 Å². The van der Waals surface area contributed by atoms with Crippen LogP contribution in [0.2, 0.25) is 10.0 Å². The lowest BCUT2D eigenvalue weighted by Gasteiger charge is -2.29. The first-order valence-electron chi connectivity index (χ1n) is 14.0. The number of pyridine rings is 1. The lowest BCUT2D eigenvalue weighted by molar-refractivity contribution is 0.0255. The number of hydrogen-bond donors (Lipinski definition) is 3. The number of aromatic nitrogens is 3. The molecule has 2 unspecified atom stereocenters. The van der Waals surface area contributed by atoms with E-state index in [0.717, 1.165) is 17.8 Å². The summed E-state index contributed by atoms with van der Waals surface area (Å²) in [4.78, 5) is 23.5. The monoisotopic (exact) mass is 616 g/mol. The predicted octanol–water partition coefficient (Wildman–Crippen LogP) is 6.52. The van der Waals surface area contributed by atoms with Crippen molar-refractivity contribution in [2.45, 2.75) is 18.6 Å². The zero-order valence-electron chi connectivity index (χ0n) is 22.9. The van der Waals surface area contributed by atoms with E-state index in [9.17, 15) is 4.79 Å². The molecule has 43 heavy (non-hydrogen) atoms. The van der Waals surface area contributed by atoms with Gasteiger partial charge in [0.15, 0.2) is 0 Å². The molecule has 2 aliphatic rings. The van der Waals surface area contributed by atoms with Gasteiger partial charge in [-0.05, 0) is 48.4 Å². The fourth-order valence-electron chi connectivity index (χ4n) is 5.79. The van der Waals surface area contributed by atoms with Gasteiger partial charge in [0, 0.05) is 64.3 Å². The number of ether oxygens (including phenoxy) is 1. The maximum absolute atomic E-state index is 15.1. The quantitative estimate of drug-likeness (QED) is 0.207. The largest absolute Gasteiger partial charge is 0.383 e. The average molecular weight is 618 g/mol. The third-order valence-electron chi connectivity index (χ3n) is 7.89. The first kappa shape index (κ1) is 27.8. The molecule has 2 aromatic heterocycles. The fourth-order valence-corrected chi connectivity index (χ4v) is 6.30. The fraction of sp³-hybridized carbons (Fsp3) is 0.219. The van der Waals surface area contributed by atoms with Gasteiger partial charge in [0.2, 0.25) is 5.95 Å². The summed E-state index contributed by atoms with van der Waals surface area (Å²) in [5.74, 6) is -0.141. The van der Waals surface area contributed by atoms with Crippen molar-refractivity contribution in [3.05, 3.63) is 110 Å². The van der Waals surface area contributed by atoms with Crippen LogP contribution >= 0.6 is 23.2 Å². The summed E-state index contributed by atoms with van der Waals surface area (Å²) >= 11 is 12.7. The molecule has 3 aromatic carbocycles. The topological polar surface area (TPSA) is 93.1 Å². The van der Waals surface area contributed by atoms with Crippen LogP contribution in [0.25, 0.3) is 22.2 Å². The molecule has 2 atom stereocenters. The minimum atomic E-state index is -0.382. The van der Waals surface area contributed by atoms with Crippen LogP contribution < -0.4 is 21.5 Å². The van der Waals surface area contributed by atoms with Crippen LogP contribution in [0, 0.1) is 5.82 Å². The summed E-state index contributed by atoms with van der Waals surface area (Å²) in [5.41, 5.74) is 4.35. The predicted molar refractivity (Wildman–Crippen MR) is 168 cm³/mol. The number of morpholine rings is 1. The molecule has 0 bridgehead atoms. The Balaban J connectivity index is 1.30. The smallest absolute Gasteiger partial charge is 0.260 e. The number of anilines is 3. The molecule has 3 N–H and O–H groups in total. The van der Waals surface area contributed by atoms with Gasteiger partial charge in [0.1, 0.15) is 11.5 Å². The van der Waals surface area contributed by atoms with E-state index in [4.69, 9.17) is 32.9 Å². The molecule has 0 radical (unpaired) electrons. The molecule has 0 saturated carbocycles. The van der Waals surface area contributed by atoms with E-state index in [0.29, 0.717) is 69.6 Å². The second kappa shape index (κ2) is 11.6. The van der Waals surface area contributed by atoms with Crippen LogP contribution in [0.5, 0.6) is 0 Å². The standard InChI is InChI=1S/C32H27Cl2FN6O2/c33-20-5-7-23(26(34)13-20)25-12-19-15-38-32(39-21-6-8-24(27(35)14-21)29-17-36-9-10-43-29)40-30(19)41(31(25)42)22-11-18-3-1-2-4-28(18)37-16-22/h1-8,12-15,22,29,36-37H,9-11,16-17H2,(H,38,39,40). The van der Waals surface area contributed by atoms with E-state index >= 15 is 4.39 Å². The van der Waals surface area contributed by atoms with Crippen molar-refractivity contribution >= 4 is 51.6 Å². The Labute approximate surface area is 256 Å². The number of rotatable bonds is 5. The van der Waals surface area contributed by atoms with Gasteiger partial charge >= 0.3 is 0 Å². The van der Waals surface area contributed by atoms with Gasteiger partial charge in [0.05, 0.1) is 23.8 Å². The molecule has 0 spiro atoms. The van der Waals surface area contributed by atoms with E-state index in [1.807, 2.05) is 18.2 Å². The van der Waals surface area contributed by atoms with Crippen molar-refractivity contribution in [3.63, 3.8) is 0 Å². The van der Waals surface area contributed by atoms with E-state index in [1.165, 1.54) is 6.07 Å².